The molecule has 0 saturated heterocycles. The Kier molecular flexibility index (Phi) is 14.8. The standard InChI is InChI=1S/C10H19N2.C8H18O4S/c1-3-4-5-6-7-12-9-8-11(2)10-12;1-2-3-4-5-6-7-8-12-13(9,10)11/h8-10H,3-7H2,1-2H3;2-8H2,1H3,(H,9,10,11)/q+1;/p-1. The van der Waals surface area contributed by atoms with E-state index in [1.807, 2.05) is 0 Å². The molecule has 0 radical (unpaired) electrons. The van der Waals surface area contributed by atoms with Crippen molar-refractivity contribution in [3.8, 4) is 0 Å². The molecule has 0 spiro atoms. The average Bonchev–Trinajstić information content (AvgIpc) is 2.96. The molecular formula is C18H36N2O4S. The first-order valence-corrected chi connectivity index (χ1v) is 10.8. The van der Waals surface area contributed by atoms with Gasteiger partial charge in [0.25, 0.3) is 0 Å². The van der Waals surface area contributed by atoms with Gasteiger partial charge < -0.3 is 4.55 Å². The van der Waals surface area contributed by atoms with E-state index < -0.39 is 10.4 Å². The van der Waals surface area contributed by atoms with Gasteiger partial charge >= 0.3 is 0 Å². The summed E-state index contributed by atoms with van der Waals surface area (Å²) in [6.45, 7) is 5.57. The van der Waals surface area contributed by atoms with Gasteiger partial charge in [0, 0.05) is 0 Å². The van der Waals surface area contributed by atoms with Gasteiger partial charge in [-0.3, -0.25) is 4.18 Å². The lowest BCUT2D eigenvalue weighted by Gasteiger charge is -2.06. The fraction of sp³-hybridized carbons (Fsp3) is 0.833. The summed E-state index contributed by atoms with van der Waals surface area (Å²) in [6.07, 6.45) is 17.9. The molecule has 0 bridgehead atoms. The topological polar surface area (TPSA) is 75.2 Å². The lowest BCUT2D eigenvalue weighted by molar-refractivity contribution is -0.696. The number of imidazole rings is 1. The maximum Gasteiger partial charge on any atom is 0.243 e. The van der Waals surface area contributed by atoms with E-state index in [2.05, 4.69) is 52.9 Å². The highest BCUT2D eigenvalue weighted by molar-refractivity contribution is 7.80. The summed E-state index contributed by atoms with van der Waals surface area (Å²) < 4.78 is 38.3. The normalized spacial score (nSPS) is 11.2. The van der Waals surface area contributed by atoms with Crippen molar-refractivity contribution in [1.29, 1.82) is 0 Å². The van der Waals surface area contributed by atoms with Gasteiger partial charge in [-0.25, -0.2) is 17.6 Å². The first-order valence-electron chi connectivity index (χ1n) is 9.50. The molecule has 148 valence electrons. The van der Waals surface area contributed by atoms with Crippen LogP contribution in [-0.4, -0.2) is 24.1 Å². The van der Waals surface area contributed by atoms with E-state index in [9.17, 15) is 13.0 Å². The fourth-order valence-electron chi connectivity index (χ4n) is 2.40. The van der Waals surface area contributed by atoms with Gasteiger partial charge in [0.15, 0.2) is 0 Å². The third kappa shape index (κ3) is 17.7. The molecule has 0 amide bonds. The highest BCUT2D eigenvalue weighted by Gasteiger charge is 1.98. The molecule has 0 unspecified atom stereocenters. The Labute approximate surface area is 154 Å². The third-order valence-electron chi connectivity index (χ3n) is 3.82. The van der Waals surface area contributed by atoms with Crippen molar-refractivity contribution in [2.45, 2.75) is 84.6 Å². The molecule has 0 aliphatic heterocycles. The van der Waals surface area contributed by atoms with E-state index >= 15 is 0 Å². The quantitative estimate of drug-likeness (QED) is 0.228. The van der Waals surface area contributed by atoms with Gasteiger partial charge in [0.05, 0.1) is 20.2 Å². The zero-order valence-corrected chi connectivity index (χ0v) is 17.0. The lowest BCUT2D eigenvalue weighted by atomic mass is 10.1. The van der Waals surface area contributed by atoms with Crippen LogP contribution in [-0.2, 0) is 28.2 Å². The van der Waals surface area contributed by atoms with Crippen molar-refractivity contribution in [3.63, 3.8) is 0 Å². The van der Waals surface area contributed by atoms with E-state index in [1.54, 1.807) is 0 Å². The predicted octanol–water partition coefficient (Wildman–Crippen LogP) is 3.72. The van der Waals surface area contributed by atoms with Gasteiger partial charge in [-0.2, -0.15) is 0 Å². The molecule has 0 aliphatic rings. The van der Waals surface area contributed by atoms with Crippen molar-refractivity contribution in [2.75, 3.05) is 6.61 Å². The van der Waals surface area contributed by atoms with Gasteiger partial charge in [-0.1, -0.05) is 58.8 Å². The highest BCUT2D eigenvalue weighted by atomic mass is 32.3. The van der Waals surface area contributed by atoms with Crippen molar-refractivity contribution >= 4 is 10.4 Å². The van der Waals surface area contributed by atoms with E-state index in [-0.39, 0.29) is 6.61 Å². The summed E-state index contributed by atoms with van der Waals surface area (Å²) in [7, 11) is -2.41. The zero-order chi connectivity index (χ0) is 19.0. The van der Waals surface area contributed by atoms with Crippen molar-refractivity contribution in [3.05, 3.63) is 18.7 Å². The van der Waals surface area contributed by atoms with Crippen molar-refractivity contribution in [2.24, 2.45) is 7.05 Å². The second-order valence-electron chi connectivity index (χ2n) is 6.38. The highest BCUT2D eigenvalue weighted by Crippen LogP contribution is 2.05. The van der Waals surface area contributed by atoms with E-state index in [1.165, 1.54) is 51.5 Å². The van der Waals surface area contributed by atoms with Gasteiger partial charge in [0.1, 0.15) is 12.4 Å². The second kappa shape index (κ2) is 15.3. The number of hydrogen-bond donors (Lipinski definition) is 0. The zero-order valence-electron chi connectivity index (χ0n) is 16.2. The van der Waals surface area contributed by atoms with Crippen LogP contribution in [0.25, 0.3) is 0 Å². The predicted molar refractivity (Wildman–Crippen MR) is 98.8 cm³/mol. The fourth-order valence-corrected chi connectivity index (χ4v) is 2.72. The summed E-state index contributed by atoms with van der Waals surface area (Å²) >= 11 is 0. The van der Waals surface area contributed by atoms with Crippen LogP contribution in [0.15, 0.2) is 18.7 Å². The Hall–Kier alpha value is -0.920. The Morgan fingerprint density at radius 3 is 2.04 bits per heavy atom. The van der Waals surface area contributed by atoms with Crippen LogP contribution >= 0.6 is 0 Å². The number of rotatable bonds is 13. The summed E-state index contributed by atoms with van der Waals surface area (Å²) in [5.41, 5.74) is 0. The smallest absolute Gasteiger partial charge is 0.243 e. The van der Waals surface area contributed by atoms with Gasteiger partial charge in [-0.05, 0) is 19.3 Å². The second-order valence-corrected chi connectivity index (χ2v) is 7.43. The molecule has 6 nitrogen and oxygen atoms in total. The first kappa shape index (κ1) is 24.1. The third-order valence-corrected chi connectivity index (χ3v) is 4.27. The van der Waals surface area contributed by atoms with Crippen molar-refractivity contribution < 1.29 is 21.7 Å². The maximum absolute atomic E-state index is 9.99. The van der Waals surface area contributed by atoms with Crippen LogP contribution in [0.3, 0.4) is 0 Å². The van der Waals surface area contributed by atoms with E-state index in [0.717, 1.165) is 12.8 Å². The van der Waals surface area contributed by atoms with Crippen LogP contribution < -0.4 is 4.57 Å². The molecule has 0 fully saturated rings. The molecule has 1 aromatic heterocycles. The monoisotopic (exact) mass is 376 g/mol. The molecule has 1 rings (SSSR count). The Balaban J connectivity index is 0.000000462. The van der Waals surface area contributed by atoms with Crippen LogP contribution in [0.1, 0.15) is 78.1 Å². The van der Waals surface area contributed by atoms with E-state index in [4.69, 9.17) is 0 Å². The number of hydrogen-bond acceptors (Lipinski definition) is 4. The summed E-state index contributed by atoms with van der Waals surface area (Å²) in [4.78, 5) is 0. The molecule has 0 atom stereocenters. The largest absolute Gasteiger partial charge is 0.726 e. The first-order chi connectivity index (χ1) is 11.9. The van der Waals surface area contributed by atoms with E-state index in [0.29, 0.717) is 6.42 Å². The Morgan fingerprint density at radius 2 is 1.52 bits per heavy atom. The van der Waals surface area contributed by atoms with Crippen molar-refractivity contribution in [1.82, 2.24) is 4.57 Å². The average molecular weight is 377 g/mol. The minimum atomic E-state index is -4.47. The molecule has 0 saturated carbocycles. The number of unbranched alkanes of at least 4 members (excludes halogenated alkanes) is 8. The molecule has 7 heteroatoms. The van der Waals surface area contributed by atoms with Crippen LogP contribution in [0.2, 0.25) is 0 Å². The molecule has 1 aromatic rings. The van der Waals surface area contributed by atoms with Crippen LogP contribution in [0.4, 0.5) is 0 Å². The molecule has 0 aromatic carbocycles. The molecule has 25 heavy (non-hydrogen) atoms. The molecular weight excluding hydrogens is 340 g/mol. The maximum atomic E-state index is 9.99. The summed E-state index contributed by atoms with van der Waals surface area (Å²) in [6, 6.07) is 0. The minimum absolute atomic E-state index is 0.0258. The Morgan fingerprint density at radius 1 is 0.960 bits per heavy atom. The molecule has 1 heterocycles. The minimum Gasteiger partial charge on any atom is -0.726 e. The van der Waals surface area contributed by atoms with Gasteiger partial charge in [0.2, 0.25) is 16.7 Å². The Bertz CT molecular complexity index is 515. The van der Waals surface area contributed by atoms with Crippen LogP contribution in [0, 0.1) is 0 Å². The van der Waals surface area contributed by atoms with Crippen LogP contribution in [0.5, 0.6) is 0 Å². The summed E-state index contributed by atoms with van der Waals surface area (Å²) in [5.74, 6) is 0. The van der Waals surface area contributed by atoms with Gasteiger partial charge in [-0.15, -0.1) is 0 Å². The molecule has 0 aliphatic carbocycles. The SMILES string of the molecule is CCCCCCCCOS(=O)(=O)[O-].CCCCCC[n+]1ccn(C)c1. The number of nitrogens with zero attached hydrogens (tertiary/aromatic N) is 2. The summed E-state index contributed by atoms with van der Waals surface area (Å²) in [5, 5.41) is 0. The number of aryl methyl sites for hydroxylation is 2. The number of aromatic nitrogens is 2. The molecule has 0 N–H and O–H groups in total. The lowest BCUT2D eigenvalue weighted by Crippen LogP contribution is -2.30.